The number of carboxylic acid groups (broad SMARTS) is 1. The first kappa shape index (κ1) is 12.5. The number of halogens is 1. The van der Waals surface area contributed by atoms with Crippen molar-refractivity contribution in [3.63, 3.8) is 0 Å². The molecule has 16 heavy (non-hydrogen) atoms. The minimum atomic E-state index is -0.907. The summed E-state index contributed by atoms with van der Waals surface area (Å²) in [5, 5.41) is 18.0. The Bertz CT molecular complexity index is 401. The summed E-state index contributed by atoms with van der Waals surface area (Å²) < 4.78 is 13.5. The third kappa shape index (κ3) is 2.51. The van der Waals surface area contributed by atoms with Gasteiger partial charge in [-0.05, 0) is 30.0 Å². The SMILES string of the molecule is CCc1c(CC(C)C(=O)O)ccc(O)c1F. The molecule has 0 aliphatic rings. The molecule has 0 spiro atoms. The highest BCUT2D eigenvalue weighted by Gasteiger charge is 2.17. The van der Waals surface area contributed by atoms with Gasteiger partial charge in [-0.25, -0.2) is 4.39 Å². The number of aromatic hydroxyl groups is 1. The molecule has 0 aromatic heterocycles. The van der Waals surface area contributed by atoms with Crippen molar-refractivity contribution in [2.45, 2.75) is 26.7 Å². The number of phenols is 1. The summed E-state index contributed by atoms with van der Waals surface area (Å²) in [5.74, 6) is -2.49. The Hall–Kier alpha value is -1.58. The highest BCUT2D eigenvalue weighted by Crippen LogP contribution is 2.25. The van der Waals surface area contributed by atoms with Gasteiger partial charge in [0.2, 0.25) is 0 Å². The van der Waals surface area contributed by atoms with E-state index >= 15 is 0 Å². The summed E-state index contributed by atoms with van der Waals surface area (Å²) in [6, 6.07) is 2.84. The van der Waals surface area contributed by atoms with Crippen molar-refractivity contribution >= 4 is 5.97 Å². The number of benzene rings is 1. The van der Waals surface area contributed by atoms with Crippen molar-refractivity contribution in [2.75, 3.05) is 0 Å². The Morgan fingerprint density at radius 2 is 2.12 bits per heavy atom. The molecule has 0 aliphatic carbocycles. The highest BCUT2D eigenvalue weighted by atomic mass is 19.1. The first-order valence-corrected chi connectivity index (χ1v) is 5.19. The van der Waals surface area contributed by atoms with Gasteiger partial charge in [0.25, 0.3) is 0 Å². The number of carbonyl (C=O) groups is 1. The largest absolute Gasteiger partial charge is 0.505 e. The van der Waals surface area contributed by atoms with Crippen molar-refractivity contribution in [2.24, 2.45) is 5.92 Å². The molecule has 2 N–H and O–H groups in total. The lowest BCUT2D eigenvalue weighted by atomic mass is 9.95. The molecule has 0 fully saturated rings. The van der Waals surface area contributed by atoms with Crippen LogP contribution in [0.25, 0.3) is 0 Å². The predicted octanol–water partition coefficient (Wildman–Crippen LogP) is 2.36. The van der Waals surface area contributed by atoms with E-state index in [0.717, 1.165) is 0 Å². The second-order valence-electron chi connectivity index (χ2n) is 3.83. The molecule has 88 valence electrons. The van der Waals surface area contributed by atoms with Crippen molar-refractivity contribution < 1.29 is 19.4 Å². The van der Waals surface area contributed by atoms with Crippen LogP contribution in [0.1, 0.15) is 25.0 Å². The van der Waals surface area contributed by atoms with E-state index in [2.05, 4.69) is 0 Å². The fourth-order valence-corrected chi connectivity index (χ4v) is 1.64. The second kappa shape index (κ2) is 4.96. The molecule has 1 aromatic carbocycles. The van der Waals surface area contributed by atoms with Crippen LogP contribution in [0.2, 0.25) is 0 Å². The maximum Gasteiger partial charge on any atom is 0.306 e. The lowest BCUT2D eigenvalue weighted by Gasteiger charge is -2.12. The zero-order valence-electron chi connectivity index (χ0n) is 9.33. The van der Waals surface area contributed by atoms with Gasteiger partial charge in [-0.2, -0.15) is 0 Å². The number of hydrogen-bond donors (Lipinski definition) is 2. The molecule has 0 radical (unpaired) electrons. The molecular formula is C12H15FO3. The van der Waals surface area contributed by atoms with Gasteiger partial charge in [-0.15, -0.1) is 0 Å². The minimum absolute atomic E-state index is 0.274. The maximum atomic E-state index is 13.5. The Morgan fingerprint density at radius 1 is 1.50 bits per heavy atom. The Kier molecular flexibility index (Phi) is 3.88. The van der Waals surface area contributed by atoms with Crippen LogP contribution in [-0.4, -0.2) is 16.2 Å². The summed E-state index contributed by atoms with van der Waals surface area (Å²) in [6.07, 6.45) is 0.706. The number of aliphatic carboxylic acids is 1. The number of carboxylic acids is 1. The topological polar surface area (TPSA) is 57.5 Å². The maximum absolute atomic E-state index is 13.5. The van der Waals surface area contributed by atoms with Crippen LogP contribution in [0.3, 0.4) is 0 Å². The van der Waals surface area contributed by atoms with Crippen molar-refractivity contribution in [1.82, 2.24) is 0 Å². The Morgan fingerprint density at radius 3 is 2.62 bits per heavy atom. The van der Waals surface area contributed by atoms with Crippen LogP contribution in [0, 0.1) is 11.7 Å². The first-order valence-electron chi connectivity index (χ1n) is 5.19. The Balaban J connectivity index is 3.05. The standard InChI is InChI=1S/C12H15FO3/c1-3-9-8(6-7(2)12(15)16)4-5-10(14)11(9)13/h4-5,7,14H,3,6H2,1-2H3,(H,15,16). The van der Waals surface area contributed by atoms with Gasteiger partial charge in [-0.3, -0.25) is 4.79 Å². The summed E-state index contributed by atoms with van der Waals surface area (Å²) in [6.45, 7) is 3.35. The molecule has 0 saturated carbocycles. The first-order chi connectivity index (χ1) is 7.47. The van der Waals surface area contributed by atoms with E-state index in [9.17, 15) is 14.3 Å². The van der Waals surface area contributed by atoms with Gasteiger partial charge >= 0.3 is 5.97 Å². The van der Waals surface area contributed by atoms with E-state index in [4.69, 9.17) is 5.11 Å². The second-order valence-corrected chi connectivity index (χ2v) is 3.83. The zero-order valence-corrected chi connectivity index (χ0v) is 9.33. The van der Waals surface area contributed by atoms with Gasteiger partial charge in [-0.1, -0.05) is 19.9 Å². The molecule has 1 rings (SSSR count). The lowest BCUT2D eigenvalue weighted by Crippen LogP contribution is -2.13. The van der Waals surface area contributed by atoms with E-state index < -0.39 is 17.7 Å². The molecule has 1 unspecified atom stereocenters. The van der Waals surface area contributed by atoms with Crippen molar-refractivity contribution in [1.29, 1.82) is 0 Å². The number of hydrogen-bond acceptors (Lipinski definition) is 2. The number of rotatable bonds is 4. The normalized spacial score (nSPS) is 12.4. The number of phenolic OH excluding ortho intramolecular Hbond substituents is 1. The van der Waals surface area contributed by atoms with Crippen LogP contribution < -0.4 is 0 Å². The lowest BCUT2D eigenvalue weighted by molar-refractivity contribution is -0.141. The monoisotopic (exact) mass is 226 g/mol. The zero-order chi connectivity index (χ0) is 12.3. The molecular weight excluding hydrogens is 211 g/mol. The molecule has 0 bridgehead atoms. The molecule has 0 saturated heterocycles. The van der Waals surface area contributed by atoms with E-state index in [0.29, 0.717) is 17.5 Å². The third-order valence-corrected chi connectivity index (χ3v) is 2.62. The molecule has 4 heteroatoms. The van der Waals surface area contributed by atoms with Crippen LogP contribution in [0.15, 0.2) is 12.1 Å². The molecule has 0 aliphatic heterocycles. The highest BCUT2D eigenvalue weighted by molar-refractivity contribution is 5.70. The summed E-state index contributed by atoms with van der Waals surface area (Å²) >= 11 is 0. The van der Waals surface area contributed by atoms with Crippen LogP contribution in [0.4, 0.5) is 4.39 Å². The Labute approximate surface area is 93.5 Å². The van der Waals surface area contributed by atoms with Gasteiger partial charge in [0.1, 0.15) is 0 Å². The van der Waals surface area contributed by atoms with Gasteiger partial charge in [0.05, 0.1) is 5.92 Å². The summed E-state index contributed by atoms with van der Waals surface area (Å²) in [7, 11) is 0. The van der Waals surface area contributed by atoms with Gasteiger partial charge < -0.3 is 10.2 Å². The smallest absolute Gasteiger partial charge is 0.306 e. The molecule has 0 heterocycles. The van der Waals surface area contributed by atoms with Crippen molar-refractivity contribution in [3.8, 4) is 5.75 Å². The van der Waals surface area contributed by atoms with Gasteiger partial charge in [0, 0.05) is 0 Å². The predicted molar refractivity (Wildman–Crippen MR) is 57.9 cm³/mol. The summed E-state index contributed by atoms with van der Waals surface area (Å²) in [4.78, 5) is 10.7. The van der Waals surface area contributed by atoms with E-state index in [1.165, 1.54) is 6.07 Å². The quantitative estimate of drug-likeness (QED) is 0.828. The van der Waals surface area contributed by atoms with E-state index in [1.54, 1.807) is 19.9 Å². The van der Waals surface area contributed by atoms with Crippen molar-refractivity contribution in [3.05, 3.63) is 29.1 Å². The molecule has 1 atom stereocenters. The molecule has 0 amide bonds. The van der Waals surface area contributed by atoms with E-state index in [1.807, 2.05) is 0 Å². The van der Waals surface area contributed by atoms with Crippen LogP contribution >= 0.6 is 0 Å². The molecule has 1 aromatic rings. The van der Waals surface area contributed by atoms with E-state index in [-0.39, 0.29) is 12.2 Å². The summed E-state index contributed by atoms with van der Waals surface area (Å²) in [5.41, 5.74) is 1.04. The molecule has 3 nitrogen and oxygen atoms in total. The average molecular weight is 226 g/mol. The minimum Gasteiger partial charge on any atom is -0.505 e. The van der Waals surface area contributed by atoms with Crippen LogP contribution in [-0.2, 0) is 17.6 Å². The fourth-order valence-electron chi connectivity index (χ4n) is 1.64. The van der Waals surface area contributed by atoms with Crippen LogP contribution in [0.5, 0.6) is 5.75 Å². The van der Waals surface area contributed by atoms with Gasteiger partial charge in [0.15, 0.2) is 11.6 Å². The average Bonchev–Trinajstić information content (AvgIpc) is 2.23. The fraction of sp³-hybridized carbons (Fsp3) is 0.417. The third-order valence-electron chi connectivity index (χ3n) is 2.62.